The van der Waals surface area contributed by atoms with E-state index < -0.39 is 0 Å². The normalized spacial score (nSPS) is 15.0. The lowest BCUT2D eigenvalue weighted by Gasteiger charge is -2.18. The van der Waals surface area contributed by atoms with Gasteiger partial charge in [-0.05, 0) is 35.3 Å². The summed E-state index contributed by atoms with van der Waals surface area (Å²) in [5, 5.41) is 5.15. The largest absolute Gasteiger partial charge is 0.320 e. The van der Waals surface area contributed by atoms with E-state index in [9.17, 15) is 0 Å². The molecule has 0 bridgehead atoms. The number of thiophene rings is 1. The highest BCUT2D eigenvalue weighted by molar-refractivity contribution is 9.10. The molecule has 16 heavy (non-hydrogen) atoms. The van der Waals surface area contributed by atoms with Crippen LogP contribution in [0.2, 0.25) is 0 Å². The van der Waals surface area contributed by atoms with Gasteiger partial charge in [0, 0.05) is 15.2 Å². The molecule has 2 aromatic rings. The summed E-state index contributed by atoms with van der Waals surface area (Å²) in [6.07, 6.45) is 0.897. The Morgan fingerprint density at radius 2 is 2.19 bits per heavy atom. The summed E-state index contributed by atoms with van der Waals surface area (Å²) in [4.78, 5) is 5.80. The fraction of sp³-hybridized carbons (Fsp3) is 0.364. The summed E-state index contributed by atoms with van der Waals surface area (Å²) in [5.41, 5.74) is 6.90. The molecule has 0 spiro atoms. The molecule has 1 atom stereocenters. The Morgan fingerprint density at radius 1 is 1.44 bits per heavy atom. The Labute approximate surface area is 112 Å². The van der Waals surface area contributed by atoms with Crippen molar-refractivity contribution in [3.05, 3.63) is 26.3 Å². The van der Waals surface area contributed by atoms with E-state index in [0.717, 1.165) is 21.6 Å². The van der Waals surface area contributed by atoms with Crippen molar-refractivity contribution >= 4 is 38.6 Å². The second kappa shape index (κ2) is 4.56. The Hall–Kier alpha value is -0.230. The first kappa shape index (κ1) is 12.2. The van der Waals surface area contributed by atoms with Gasteiger partial charge in [0.1, 0.15) is 5.01 Å². The highest BCUT2D eigenvalue weighted by atomic mass is 79.9. The minimum Gasteiger partial charge on any atom is -0.320 e. The number of aromatic nitrogens is 1. The first-order valence-corrected chi connectivity index (χ1v) is 7.57. The maximum Gasteiger partial charge on any atom is 0.113 e. The Morgan fingerprint density at radius 3 is 2.75 bits per heavy atom. The van der Waals surface area contributed by atoms with Crippen molar-refractivity contribution in [2.75, 3.05) is 0 Å². The lowest BCUT2D eigenvalue weighted by atomic mass is 10.0. The minimum absolute atomic E-state index is 0.308. The Kier molecular flexibility index (Phi) is 3.49. The number of hydrogen-bond acceptors (Lipinski definition) is 4. The molecule has 0 aliphatic heterocycles. The quantitative estimate of drug-likeness (QED) is 0.920. The standard InChI is InChI=1S/C11H13BrN2S2/c1-3-11(2,13)10-14-8(6-16-10)9-4-7(12)5-15-9/h4-6H,3,13H2,1-2H3. The van der Waals surface area contributed by atoms with Gasteiger partial charge >= 0.3 is 0 Å². The fourth-order valence-electron chi connectivity index (χ4n) is 1.25. The van der Waals surface area contributed by atoms with Crippen molar-refractivity contribution in [3.63, 3.8) is 0 Å². The van der Waals surface area contributed by atoms with Gasteiger partial charge in [0.15, 0.2) is 0 Å². The maximum absolute atomic E-state index is 6.18. The molecular weight excluding hydrogens is 304 g/mol. The molecule has 2 aromatic heterocycles. The van der Waals surface area contributed by atoms with Crippen molar-refractivity contribution in [1.82, 2.24) is 4.98 Å². The number of hydrogen-bond donors (Lipinski definition) is 1. The SMILES string of the molecule is CCC(C)(N)c1nc(-c2cc(Br)cs2)cs1. The van der Waals surface area contributed by atoms with Crippen molar-refractivity contribution < 1.29 is 0 Å². The van der Waals surface area contributed by atoms with Gasteiger partial charge in [-0.3, -0.25) is 0 Å². The molecule has 2 N–H and O–H groups in total. The topological polar surface area (TPSA) is 38.9 Å². The summed E-state index contributed by atoms with van der Waals surface area (Å²) in [7, 11) is 0. The van der Waals surface area contributed by atoms with Gasteiger partial charge in [-0.2, -0.15) is 0 Å². The third-order valence-electron chi connectivity index (χ3n) is 2.55. The van der Waals surface area contributed by atoms with Gasteiger partial charge in [-0.25, -0.2) is 4.98 Å². The molecule has 1 unspecified atom stereocenters. The van der Waals surface area contributed by atoms with E-state index in [1.165, 1.54) is 4.88 Å². The van der Waals surface area contributed by atoms with Crippen LogP contribution in [-0.2, 0) is 5.54 Å². The predicted molar refractivity (Wildman–Crippen MR) is 75.0 cm³/mol. The lowest BCUT2D eigenvalue weighted by molar-refractivity contribution is 0.474. The third-order valence-corrected chi connectivity index (χ3v) is 5.38. The zero-order chi connectivity index (χ0) is 11.8. The highest BCUT2D eigenvalue weighted by Crippen LogP contribution is 2.33. The number of halogens is 1. The molecule has 0 amide bonds. The molecule has 86 valence electrons. The first-order valence-electron chi connectivity index (χ1n) is 5.02. The molecule has 0 aliphatic carbocycles. The first-order chi connectivity index (χ1) is 7.53. The van der Waals surface area contributed by atoms with Crippen LogP contribution in [0.4, 0.5) is 0 Å². The van der Waals surface area contributed by atoms with Crippen molar-refractivity contribution in [3.8, 4) is 10.6 Å². The van der Waals surface area contributed by atoms with Crippen LogP contribution in [0.3, 0.4) is 0 Å². The smallest absolute Gasteiger partial charge is 0.113 e. The van der Waals surface area contributed by atoms with E-state index >= 15 is 0 Å². The molecule has 0 aromatic carbocycles. The third kappa shape index (κ3) is 2.37. The van der Waals surface area contributed by atoms with Crippen LogP contribution in [0.1, 0.15) is 25.3 Å². The van der Waals surface area contributed by atoms with Crippen molar-refractivity contribution in [2.24, 2.45) is 5.73 Å². The van der Waals surface area contributed by atoms with Gasteiger partial charge in [0.2, 0.25) is 0 Å². The molecular formula is C11H13BrN2S2. The van der Waals surface area contributed by atoms with E-state index in [4.69, 9.17) is 5.73 Å². The van der Waals surface area contributed by atoms with Crippen LogP contribution >= 0.6 is 38.6 Å². The minimum atomic E-state index is -0.308. The van der Waals surface area contributed by atoms with Crippen LogP contribution < -0.4 is 5.73 Å². The number of thiazole rings is 1. The summed E-state index contributed by atoms with van der Waals surface area (Å²) in [5.74, 6) is 0. The lowest BCUT2D eigenvalue weighted by Crippen LogP contribution is -2.31. The molecule has 2 heterocycles. The van der Waals surface area contributed by atoms with Gasteiger partial charge in [-0.15, -0.1) is 22.7 Å². The van der Waals surface area contributed by atoms with Crippen LogP contribution in [0.5, 0.6) is 0 Å². The summed E-state index contributed by atoms with van der Waals surface area (Å²) >= 11 is 6.78. The highest BCUT2D eigenvalue weighted by Gasteiger charge is 2.23. The average Bonchev–Trinajstić information content (AvgIpc) is 2.85. The number of nitrogens with zero attached hydrogens (tertiary/aromatic N) is 1. The second-order valence-corrected chi connectivity index (χ2v) is 6.62. The molecule has 0 saturated carbocycles. The van der Waals surface area contributed by atoms with E-state index in [1.54, 1.807) is 22.7 Å². The fourth-order valence-corrected chi connectivity index (χ4v) is 3.68. The van der Waals surface area contributed by atoms with Crippen LogP contribution in [0, 0.1) is 0 Å². The predicted octanol–water partition coefficient (Wildman–Crippen LogP) is 4.22. The molecule has 0 fully saturated rings. The summed E-state index contributed by atoms with van der Waals surface area (Å²) < 4.78 is 1.10. The van der Waals surface area contributed by atoms with Crippen LogP contribution in [0.15, 0.2) is 21.3 Å². The molecule has 5 heteroatoms. The van der Waals surface area contributed by atoms with Crippen LogP contribution in [-0.4, -0.2) is 4.98 Å². The Balaban J connectivity index is 2.33. The van der Waals surface area contributed by atoms with E-state index in [2.05, 4.69) is 44.7 Å². The zero-order valence-corrected chi connectivity index (χ0v) is 12.4. The van der Waals surface area contributed by atoms with E-state index in [0.29, 0.717) is 0 Å². The number of nitrogens with two attached hydrogens (primary N) is 1. The van der Waals surface area contributed by atoms with Gasteiger partial charge < -0.3 is 5.73 Å². The molecule has 0 saturated heterocycles. The van der Waals surface area contributed by atoms with Gasteiger partial charge in [-0.1, -0.05) is 6.92 Å². The zero-order valence-electron chi connectivity index (χ0n) is 9.16. The molecule has 2 nitrogen and oxygen atoms in total. The van der Waals surface area contributed by atoms with E-state index in [1.807, 2.05) is 6.92 Å². The number of rotatable bonds is 3. The van der Waals surface area contributed by atoms with Crippen molar-refractivity contribution in [1.29, 1.82) is 0 Å². The van der Waals surface area contributed by atoms with Gasteiger partial charge in [0.05, 0.1) is 16.1 Å². The monoisotopic (exact) mass is 316 g/mol. The summed E-state index contributed by atoms with van der Waals surface area (Å²) in [6.45, 7) is 4.11. The van der Waals surface area contributed by atoms with E-state index in [-0.39, 0.29) is 5.54 Å². The Bertz CT molecular complexity index is 488. The second-order valence-electron chi connectivity index (χ2n) is 3.94. The molecule has 0 radical (unpaired) electrons. The maximum atomic E-state index is 6.18. The van der Waals surface area contributed by atoms with Crippen LogP contribution in [0.25, 0.3) is 10.6 Å². The average molecular weight is 317 g/mol. The molecule has 2 rings (SSSR count). The van der Waals surface area contributed by atoms with Gasteiger partial charge in [0.25, 0.3) is 0 Å². The van der Waals surface area contributed by atoms with Crippen molar-refractivity contribution in [2.45, 2.75) is 25.8 Å². The summed E-state index contributed by atoms with van der Waals surface area (Å²) in [6, 6.07) is 2.09. The molecule has 0 aliphatic rings.